The van der Waals surface area contributed by atoms with Crippen LogP contribution in [0.25, 0.3) is 22.3 Å². The average Bonchev–Trinajstić information content (AvgIpc) is 2.75. The maximum absolute atomic E-state index is 14.4. The van der Waals surface area contributed by atoms with Crippen LogP contribution in [0, 0.1) is 5.82 Å². The van der Waals surface area contributed by atoms with E-state index in [1.807, 2.05) is 25.2 Å². The number of fused-ring (bicyclic) bond motifs is 1. The minimum atomic E-state index is -0.298. The van der Waals surface area contributed by atoms with Crippen LogP contribution in [0.15, 0.2) is 36.7 Å². The van der Waals surface area contributed by atoms with Crippen molar-refractivity contribution in [2.75, 3.05) is 45.6 Å². The Hall–Kier alpha value is -3.17. The second kappa shape index (κ2) is 8.91. The van der Waals surface area contributed by atoms with Gasteiger partial charge in [0.05, 0.1) is 17.9 Å². The molecule has 2 N–H and O–H groups in total. The lowest BCUT2D eigenvalue weighted by Crippen LogP contribution is -2.49. The minimum absolute atomic E-state index is 0.0605. The van der Waals surface area contributed by atoms with Crippen LogP contribution < -0.4 is 5.73 Å². The first kappa shape index (κ1) is 21.1. The van der Waals surface area contributed by atoms with Crippen LogP contribution in [0.1, 0.15) is 12.5 Å². The molecule has 3 aromatic rings. The number of aromatic nitrogens is 3. The first-order chi connectivity index (χ1) is 14.9. The number of hydrogen-bond donors (Lipinski definition) is 1. The third-order valence-corrected chi connectivity index (χ3v) is 5.58. The maximum Gasteiger partial charge on any atom is 0.220 e. The lowest BCUT2D eigenvalue weighted by Gasteiger charge is -2.36. The first-order valence-electron chi connectivity index (χ1n) is 10.2. The van der Waals surface area contributed by atoms with Gasteiger partial charge in [0.1, 0.15) is 17.7 Å². The number of carbonyl (C=O) groups is 1. The van der Waals surface area contributed by atoms with Crippen LogP contribution in [0.3, 0.4) is 0 Å². The highest BCUT2D eigenvalue weighted by molar-refractivity contribution is 5.85. The molecule has 4 rings (SSSR count). The molecular formula is C22H26FN7O. The predicted molar refractivity (Wildman–Crippen MR) is 117 cm³/mol. The van der Waals surface area contributed by atoms with Crippen LogP contribution in [-0.4, -0.2) is 75.5 Å². The zero-order chi connectivity index (χ0) is 22.0. The number of nitrogen functional groups attached to an aromatic ring is 1. The zero-order valence-electron chi connectivity index (χ0n) is 17.8. The second-order valence-electron chi connectivity index (χ2n) is 7.92. The number of halogens is 1. The fourth-order valence-corrected chi connectivity index (χ4v) is 3.76. The van der Waals surface area contributed by atoms with Crippen molar-refractivity contribution in [3.8, 4) is 11.3 Å². The molecule has 0 spiro atoms. The molecule has 2 aromatic heterocycles. The fraction of sp³-hybridized carbons (Fsp3) is 0.364. The molecule has 1 saturated heterocycles. The molecule has 3 heterocycles. The molecule has 8 nitrogen and oxygen atoms in total. The Balaban J connectivity index is 1.47. The topological polar surface area (TPSA) is 91.5 Å². The van der Waals surface area contributed by atoms with Gasteiger partial charge in [0.15, 0.2) is 5.82 Å². The summed E-state index contributed by atoms with van der Waals surface area (Å²) in [5.74, 6) is 0.0653. The Labute approximate surface area is 180 Å². The molecule has 1 amide bonds. The van der Waals surface area contributed by atoms with Gasteiger partial charge in [-0.05, 0) is 35.9 Å². The van der Waals surface area contributed by atoms with Crippen LogP contribution >= 0.6 is 0 Å². The summed E-state index contributed by atoms with van der Waals surface area (Å²) in [6.07, 6.45) is 1.40. The normalized spacial score (nSPS) is 15.3. The van der Waals surface area contributed by atoms with Crippen LogP contribution in [0.2, 0.25) is 0 Å². The van der Waals surface area contributed by atoms with Gasteiger partial charge in [0.2, 0.25) is 5.91 Å². The van der Waals surface area contributed by atoms with Gasteiger partial charge in [-0.25, -0.2) is 19.3 Å². The summed E-state index contributed by atoms with van der Waals surface area (Å²) in [5, 5.41) is 0. The molecular weight excluding hydrogens is 397 g/mol. The molecule has 0 unspecified atom stereocenters. The monoisotopic (exact) mass is 423 g/mol. The second-order valence-corrected chi connectivity index (χ2v) is 7.92. The van der Waals surface area contributed by atoms with Crippen LogP contribution in [0.4, 0.5) is 10.2 Å². The quantitative estimate of drug-likeness (QED) is 0.671. The lowest BCUT2D eigenvalue weighted by atomic mass is 10.1. The molecule has 0 atom stereocenters. The summed E-state index contributed by atoms with van der Waals surface area (Å²) in [5.41, 5.74) is 9.31. The number of carbonyl (C=O) groups excluding carboxylic acids is 1. The molecule has 1 aliphatic heterocycles. The Morgan fingerprint density at radius 2 is 1.87 bits per heavy atom. The number of amides is 1. The van der Waals surface area contributed by atoms with Crippen molar-refractivity contribution in [3.63, 3.8) is 0 Å². The molecule has 162 valence electrons. The van der Waals surface area contributed by atoms with Gasteiger partial charge in [-0.15, -0.1) is 0 Å². The van der Waals surface area contributed by atoms with Gasteiger partial charge < -0.3 is 10.6 Å². The molecule has 0 aliphatic carbocycles. The van der Waals surface area contributed by atoms with Crippen molar-refractivity contribution >= 4 is 22.8 Å². The molecule has 1 aromatic carbocycles. The predicted octanol–water partition coefficient (Wildman–Crippen LogP) is 1.97. The van der Waals surface area contributed by atoms with E-state index in [0.717, 1.165) is 31.7 Å². The standard InChI is InChI=1S/C22H26FN7O/c1-15(31)28(2)14-30-7-5-29(6-8-30)12-16-9-17(11-18(23)10-16)19-3-4-20-21(27-19)22(24)26-13-25-20/h3-4,9-11,13H,5-8,12,14H2,1-2H3,(H2,24,25,26). The number of anilines is 1. The minimum Gasteiger partial charge on any atom is -0.382 e. The molecule has 0 radical (unpaired) electrons. The van der Waals surface area contributed by atoms with E-state index in [-0.39, 0.29) is 11.7 Å². The smallest absolute Gasteiger partial charge is 0.220 e. The largest absolute Gasteiger partial charge is 0.382 e. The number of nitrogens with two attached hydrogens (primary N) is 1. The van der Waals surface area contributed by atoms with Gasteiger partial charge >= 0.3 is 0 Å². The van der Waals surface area contributed by atoms with Crippen molar-refractivity contribution in [1.29, 1.82) is 0 Å². The summed E-state index contributed by atoms with van der Waals surface area (Å²) >= 11 is 0. The molecule has 0 bridgehead atoms. The summed E-state index contributed by atoms with van der Waals surface area (Å²) in [4.78, 5) is 30.4. The zero-order valence-corrected chi connectivity index (χ0v) is 17.8. The third kappa shape index (κ3) is 4.95. The van der Waals surface area contributed by atoms with E-state index in [4.69, 9.17) is 5.73 Å². The molecule has 1 aliphatic rings. The Morgan fingerprint density at radius 3 is 2.61 bits per heavy atom. The Kier molecular flexibility index (Phi) is 6.06. The molecule has 9 heteroatoms. The number of rotatable bonds is 5. The highest BCUT2D eigenvalue weighted by atomic mass is 19.1. The van der Waals surface area contributed by atoms with E-state index in [1.54, 1.807) is 17.9 Å². The number of nitrogens with zero attached hydrogens (tertiary/aromatic N) is 6. The van der Waals surface area contributed by atoms with E-state index in [0.29, 0.717) is 41.3 Å². The van der Waals surface area contributed by atoms with Crippen molar-refractivity contribution in [2.24, 2.45) is 0 Å². The summed E-state index contributed by atoms with van der Waals surface area (Å²) < 4.78 is 14.4. The SMILES string of the molecule is CC(=O)N(C)CN1CCN(Cc2cc(F)cc(-c3ccc4ncnc(N)c4n3)c2)CC1. The number of pyridine rings is 1. The van der Waals surface area contributed by atoms with E-state index < -0.39 is 0 Å². The van der Waals surface area contributed by atoms with E-state index >= 15 is 0 Å². The third-order valence-electron chi connectivity index (χ3n) is 5.58. The van der Waals surface area contributed by atoms with Gasteiger partial charge in [0, 0.05) is 52.3 Å². The van der Waals surface area contributed by atoms with Crippen molar-refractivity contribution in [2.45, 2.75) is 13.5 Å². The van der Waals surface area contributed by atoms with E-state index in [9.17, 15) is 9.18 Å². The first-order valence-corrected chi connectivity index (χ1v) is 10.2. The average molecular weight is 423 g/mol. The van der Waals surface area contributed by atoms with Gasteiger partial charge in [0.25, 0.3) is 0 Å². The maximum atomic E-state index is 14.4. The van der Waals surface area contributed by atoms with Crippen LogP contribution in [0.5, 0.6) is 0 Å². The number of benzene rings is 1. The van der Waals surface area contributed by atoms with Gasteiger partial charge in [-0.3, -0.25) is 14.6 Å². The Morgan fingerprint density at radius 1 is 1.13 bits per heavy atom. The van der Waals surface area contributed by atoms with E-state index in [1.165, 1.54) is 12.4 Å². The van der Waals surface area contributed by atoms with Crippen LogP contribution in [-0.2, 0) is 11.3 Å². The van der Waals surface area contributed by atoms with Gasteiger partial charge in [-0.2, -0.15) is 0 Å². The highest BCUT2D eigenvalue weighted by Gasteiger charge is 2.19. The van der Waals surface area contributed by atoms with Gasteiger partial charge in [-0.1, -0.05) is 0 Å². The fourth-order valence-electron chi connectivity index (χ4n) is 3.76. The number of piperazine rings is 1. The summed E-state index contributed by atoms with van der Waals surface area (Å²) in [6, 6.07) is 8.65. The molecule has 1 fully saturated rings. The number of hydrogen-bond acceptors (Lipinski definition) is 7. The highest BCUT2D eigenvalue weighted by Crippen LogP contribution is 2.24. The Bertz CT molecular complexity index is 1100. The molecule has 31 heavy (non-hydrogen) atoms. The molecule has 0 saturated carbocycles. The van der Waals surface area contributed by atoms with Crippen molar-refractivity contribution < 1.29 is 9.18 Å². The summed E-state index contributed by atoms with van der Waals surface area (Å²) in [6.45, 7) is 6.31. The lowest BCUT2D eigenvalue weighted by molar-refractivity contribution is -0.129. The van der Waals surface area contributed by atoms with E-state index in [2.05, 4.69) is 24.8 Å². The van der Waals surface area contributed by atoms with Crippen molar-refractivity contribution in [3.05, 3.63) is 48.0 Å². The summed E-state index contributed by atoms with van der Waals surface area (Å²) in [7, 11) is 1.81. The van der Waals surface area contributed by atoms with Crippen molar-refractivity contribution in [1.82, 2.24) is 29.7 Å².